The lowest BCUT2D eigenvalue weighted by atomic mass is 10.0. The highest BCUT2D eigenvalue weighted by molar-refractivity contribution is 6.33. The maximum Gasteiger partial charge on any atom is 0.255 e. The van der Waals surface area contributed by atoms with E-state index < -0.39 is 6.04 Å². The van der Waals surface area contributed by atoms with Crippen molar-refractivity contribution in [3.05, 3.63) is 70.1 Å². The molecule has 2 amide bonds. The van der Waals surface area contributed by atoms with Gasteiger partial charge in [-0.3, -0.25) is 14.6 Å². The van der Waals surface area contributed by atoms with Gasteiger partial charge in [0.15, 0.2) is 0 Å². The van der Waals surface area contributed by atoms with Crippen molar-refractivity contribution in [1.82, 2.24) is 30.5 Å². The predicted molar refractivity (Wildman–Crippen MR) is 153 cm³/mol. The molecule has 3 N–H and O–H groups in total. The van der Waals surface area contributed by atoms with Gasteiger partial charge in [0.25, 0.3) is 5.91 Å². The standard InChI is InChI=1S/C29H34ClN7O3/c1-17(25-6-4-5-22(34-25)14-31-3)33-27(38)18(2)37-16-20-8-7-19(13-23(20)28(37)39)26-24(30)15-32-29(36-26)35-21-9-11-40-12-10-21/h4-8,13,15,17-18,21,31H,9-12,14,16H2,1-3H3,(H,33,38)(H,32,35,36). The molecule has 2 aliphatic heterocycles. The molecule has 0 aliphatic carbocycles. The van der Waals surface area contributed by atoms with Crippen molar-refractivity contribution in [2.24, 2.45) is 0 Å². The monoisotopic (exact) mass is 563 g/mol. The number of nitrogens with one attached hydrogen (secondary N) is 3. The van der Waals surface area contributed by atoms with Crippen LogP contribution in [0, 0.1) is 0 Å². The number of hydrogen-bond acceptors (Lipinski definition) is 8. The molecule has 11 heteroatoms. The smallest absolute Gasteiger partial charge is 0.255 e. The number of amides is 2. The molecular formula is C29H34ClN7O3. The number of rotatable bonds is 9. The molecule has 40 heavy (non-hydrogen) atoms. The predicted octanol–water partition coefficient (Wildman–Crippen LogP) is 3.72. The number of aromatic nitrogens is 3. The molecule has 1 fully saturated rings. The molecule has 2 atom stereocenters. The Morgan fingerprint density at radius 1 is 1.18 bits per heavy atom. The Kier molecular flexibility index (Phi) is 8.58. The number of pyridine rings is 1. The topological polar surface area (TPSA) is 121 Å². The fraction of sp³-hybridized carbons (Fsp3) is 0.414. The first kappa shape index (κ1) is 27.9. The Morgan fingerprint density at radius 3 is 2.75 bits per heavy atom. The number of nitrogens with zero attached hydrogens (tertiary/aromatic N) is 4. The molecule has 0 saturated carbocycles. The van der Waals surface area contributed by atoms with E-state index in [4.69, 9.17) is 16.3 Å². The van der Waals surface area contributed by atoms with E-state index in [1.54, 1.807) is 24.1 Å². The van der Waals surface area contributed by atoms with Gasteiger partial charge in [-0.15, -0.1) is 0 Å². The minimum Gasteiger partial charge on any atom is -0.381 e. The third-order valence-corrected chi connectivity index (χ3v) is 7.63. The normalized spacial score (nSPS) is 16.9. The summed E-state index contributed by atoms with van der Waals surface area (Å²) in [7, 11) is 1.86. The second-order valence-electron chi connectivity index (χ2n) is 10.2. The van der Waals surface area contributed by atoms with Crippen LogP contribution in [0.4, 0.5) is 5.95 Å². The van der Waals surface area contributed by atoms with E-state index in [9.17, 15) is 9.59 Å². The molecule has 4 heterocycles. The van der Waals surface area contributed by atoms with E-state index >= 15 is 0 Å². The Labute approximate surface area is 238 Å². The molecule has 10 nitrogen and oxygen atoms in total. The molecule has 0 bridgehead atoms. The highest BCUT2D eigenvalue weighted by atomic mass is 35.5. The Balaban J connectivity index is 1.28. The minimum atomic E-state index is -0.663. The number of anilines is 1. The SMILES string of the molecule is CNCc1cccc(C(C)NC(=O)C(C)N2Cc3ccc(-c4nc(NC5CCOCC5)ncc4Cl)cc3C2=O)n1. The molecule has 210 valence electrons. The summed E-state index contributed by atoms with van der Waals surface area (Å²) < 4.78 is 5.43. The van der Waals surface area contributed by atoms with Gasteiger partial charge in [-0.25, -0.2) is 9.97 Å². The number of carbonyl (C=O) groups excluding carboxylic acids is 2. The summed E-state index contributed by atoms with van der Waals surface area (Å²) in [5.74, 6) is 0.0505. The van der Waals surface area contributed by atoms with Gasteiger partial charge in [0.1, 0.15) is 6.04 Å². The van der Waals surface area contributed by atoms with Gasteiger partial charge in [0, 0.05) is 43.5 Å². The van der Waals surface area contributed by atoms with Crippen LogP contribution in [0.1, 0.15) is 60.0 Å². The molecule has 2 unspecified atom stereocenters. The Bertz CT molecular complexity index is 1400. The van der Waals surface area contributed by atoms with Gasteiger partial charge < -0.3 is 25.6 Å². The number of benzene rings is 1. The first-order valence-corrected chi connectivity index (χ1v) is 13.9. The van der Waals surface area contributed by atoms with E-state index in [0.717, 1.165) is 35.4 Å². The Morgan fingerprint density at radius 2 is 1.98 bits per heavy atom. The van der Waals surface area contributed by atoms with Crippen LogP contribution in [-0.4, -0.2) is 64.0 Å². The summed E-state index contributed by atoms with van der Waals surface area (Å²) in [6.45, 7) is 6.03. The van der Waals surface area contributed by atoms with Crippen LogP contribution in [0.25, 0.3) is 11.3 Å². The molecule has 3 aromatic rings. The zero-order valence-corrected chi connectivity index (χ0v) is 23.7. The van der Waals surface area contributed by atoms with Gasteiger partial charge in [0.05, 0.1) is 34.3 Å². The van der Waals surface area contributed by atoms with Crippen LogP contribution in [-0.2, 0) is 22.6 Å². The number of carbonyl (C=O) groups is 2. The van der Waals surface area contributed by atoms with Crippen molar-refractivity contribution in [2.45, 2.75) is 57.9 Å². The highest BCUT2D eigenvalue weighted by Crippen LogP contribution is 2.32. The van der Waals surface area contributed by atoms with E-state index in [1.165, 1.54) is 0 Å². The van der Waals surface area contributed by atoms with E-state index in [-0.39, 0.29) is 23.9 Å². The quantitative estimate of drug-likeness (QED) is 0.360. The molecule has 5 rings (SSSR count). The van der Waals surface area contributed by atoms with Crippen LogP contribution >= 0.6 is 11.6 Å². The molecule has 0 radical (unpaired) electrons. The van der Waals surface area contributed by atoms with Gasteiger partial charge in [0.2, 0.25) is 11.9 Å². The third kappa shape index (κ3) is 6.09. The lowest BCUT2D eigenvalue weighted by Crippen LogP contribution is -2.46. The minimum absolute atomic E-state index is 0.202. The molecular weight excluding hydrogens is 530 g/mol. The first-order valence-electron chi connectivity index (χ1n) is 13.6. The average Bonchev–Trinajstić information content (AvgIpc) is 3.30. The summed E-state index contributed by atoms with van der Waals surface area (Å²) in [5.41, 5.74) is 4.32. The van der Waals surface area contributed by atoms with Crippen molar-refractivity contribution < 1.29 is 14.3 Å². The number of ether oxygens (including phenoxy) is 1. The summed E-state index contributed by atoms with van der Waals surface area (Å²) in [6.07, 6.45) is 3.34. The van der Waals surface area contributed by atoms with Crippen molar-refractivity contribution in [3.8, 4) is 11.3 Å². The molecule has 1 aromatic carbocycles. The van der Waals surface area contributed by atoms with E-state index in [1.807, 2.05) is 44.3 Å². The van der Waals surface area contributed by atoms with Crippen LogP contribution in [0.3, 0.4) is 0 Å². The first-order chi connectivity index (χ1) is 19.3. The number of hydrogen-bond donors (Lipinski definition) is 3. The maximum atomic E-state index is 13.4. The second-order valence-corrected chi connectivity index (χ2v) is 10.6. The van der Waals surface area contributed by atoms with Gasteiger partial charge in [-0.2, -0.15) is 0 Å². The summed E-state index contributed by atoms with van der Waals surface area (Å²) in [5, 5.41) is 9.85. The number of fused-ring (bicyclic) bond motifs is 1. The van der Waals surface area contributed by atoms with Gasteiger partial charge in [-0.1, -0.05) is 29.8 Å². The lowest BCUT2D eigenvalue weighted by Gasteiger charge is -2.25. The molecule has 2 aliphatic rings. The van der Waals surface area contributed by atoms with Crippen LogP contribution in [0.2, 0.25) is 5.02 Å². The van der Waals surface area contributed by atoms with Crippen molar-refractivity contribution >= 4 is 29.4 Å². The number of halogens is 1. The molecule has 1 saturated heterocycles. The van der Waals surface area contributed by atoms with Crippen LogP contribution < -0.4 is 16.0 Å². The fourth-order valence-electron chi connectivity index (χ4n) is 5.02. The molecule has 0 spiro atoms. The Hall–Kier alpha value is -3.60. The average molecular weight is 564 g/mol. The zero-order valence-electron chi connectivity index (χ0n) is 22.9. The maximum absolute atomic E-state index is 13.4. The highest BCUT2D eigenvalue weighted by Gasteiger charge is 2.35. The van der Waals surface area contributed by atoms with Gasteiger partial charge in [-0.05, 0) is 57.5 Å². The van der Waals surface area contributed by atoms with Crippen molar-refractivity contribution in [1.29, 1.82) is 0 Å². The summed E-state index contributed by atoms with van der Waals surface area (Å²) >= 11 is 6.48. The van der Waals surface area contributed by atoms with E-state index in [2.05, 4.69) is 30.9 Å². The van der Waals surface area contributed by atoms with Crippen molar-refractivity contribution in [3.63, 3.8) is 0 Å². The van der Waals surface area contributed by atoms with Crippen LogP contribution in [0.15, 0.2) is 42.6 Å². The zero-order chi connectivity index (χ0) is 28.2. The van der Waals surface area contributed by atoms with Crippen LogP contribution in [0.5, 0.6) is 0 Å². The lowest BCUT2D eigenvalue weighted by molar-refractivity contribution is -0.125. The van der Waals surface area contributed by atoms with Gasteiger partial charge >= 0.3 is 0 Å². The third-order valence-electron chi connectivity index (χ3n) is 7.35. The van der Waals surface area contributed by atoms with E-state index in [0.29, 0.717) is 48.5 Å². The largest absolute Gasteiger partial charge is 0.381 e. The second kappa shape index (κ2) is 12.3. The fourth-order valence-corrected chi connectivity index (χ4v) is 5.22. The summed E-state index contributed by atoms with van der Waals surface area (Å²) in [4.78, 5) is 41.8. The molecule has 2 aromatic heterocycles. The van der Waals surface area contributed by atoms with Crippen molar-refractivity contribution in [2.75, 3.05) is 25.6 Å². The summed E-state index contributed by atoms with van der Waals surface area (Å²) in [6, 6.07) is 10.6.